The Hall–Kier alpha value is -0.120. The molecular weight excluding hydrogens is 262 g/mol. The Labute approximate surface area is 132 Å². The Balaban J connectivity index is 2.37. The SMILES string of the molecule is CCCCCCCC(C)OC1CC(C)(C)N(O)C(C)(C)C1. The molecule has 1 fully saturated rings. The van der Waals surface area contributed by atoms with Gasteiger partial charge >= 0.3 is 0 Å². The summed E-state index contributed by atoms with van der Waals surface area (Å²) in [5.41, 5.74) is -0.430. The highest BCUT2D eigenvalue weighted by Crippen LogP contribution is 2.38. The molecular formula is C18H37NO2. The lowest BCUT2D eigenvalue weighted by Gasteiger charge is -2.51. The zero-order valence-corrected chi connectivity index (χ0v) is 15.1. The van der Waals surface area contributed by atoms with Crippen LogP contribution in [0.1, 0.15) is 92.9 Å². The van der Waals surface area contributed by atoms with Gasteiger partial charge in [0.25, 0.3) is 0 Å². The molecule has 0 aliphatic carbocycles. The Morgan fingerprint density at radius 1 is 1.05 bits per heavy atom. The van der Waals surface area contributed by atoms with Crippen LogP contribution in [0.5, 0.6) is 0 Å². The van der Waals surface area contributed by atoms with Crippen molar-refractivity contribution in [2.75, 3.05) is 0 Å². The second kappa shape index (κ2) is 7.94. The van der Waals surface area contributed by atoms with Crippen molar-refractivity contribution in [3.8, 4) is 0 Å². The summed E-state index contributed by atoms with van der Waals surface area (Å²) in [6.45, 7) is 12.8. The minimum absolute atomic E-state index is 0.215. The lowest BCUT2D eigenvalue weighted by Crippen LogP contribution is -2.60. The third-order valence-electron chi connectivity index (χ3n) is 4.74. The molecule has 0 bridgehead atoms. The van der Waals surface area contributed by atoms with Crippen LogP contribution in [0, 0.1) is 0 Å². The minimum Gasteiger partial charge on any atom is -0.375 e. The first kappa shape index (κ1) is 18.9. The molecule has 3 heteroatoms. The van der Waals surface area contributed by atoms with Crippen LogP contribution in [0.15, 0.2) is 0 Å². The van der Waals surface area contributed by atoms with Crippen LogP contribution in [0.3, 0.4) is 0 Å². The summed E-state index contributed by atoms with van der Waals surface area (Å²) in [4.78, 5) is 0. The summed E-state index contributed by atoms with van der Waals surface area (Å²) in [5, 5.41) is 11.8. The van der Waals surface area contributed by atoms with Gasteiger partial charge in [-0.15, -0.1) is 0 Å². The van der Waals surface area contributed by atoms with Gasteiger partial charge in [0.1, 0.15) is 0 Å². The molecule has 1 N–H and O–H groups in total. The second-order valence-electron chi connectivity index (χ2n) is 8.12. The fraction of sp³-hybridized carbons (Fsp3) is 1.00. The van der Waals surface area contributed by atoms with E-state index in [2.05, 4.69) is 41.5 Å². The van der Waals surface area contributed by atoms with Crippen LogP contribution in [0.4, 0.5) is 0 Å². The van der Waals surface area contributed by atoms with Gasteiger partial charge in [0, 0.05) is 11.1 Å². The van der Waals surface area contributed by atoms with Gasteiger partial charge in [-0.1, -0.05) is 39.0 Å². The highest BCUT2D eigenvalue weighted by atomic mass is 16.5. The summed E-state index contributed by atoms with van der Waals surface area (Å²) in [6, 6.07) is 0. The van der Waals surface area contributed by atoms with E-state index in [0.29, 0.717) is 6.10 Å². The summed E-state index contributed by atoms with van der Waals surface area (Å²) < 4.78 is 6.28. The van der Waals surface area contributed by atoms with Crippen molar-refractivity contribution in [3.63, 3.8) is 0 Å². The molecule has 1 aliphatic heterocycles. The van der Waals surface area contributed by atoms with Gasteiger partial charge in [-0.25, -0.2) is 0 Å². The molecule has 1 aliphatic rings. The van der Waals surface area contributed by atoms with E-state index in [1.165, 1.54) is 37.2 Å². The van der Waals surface area contributed by atoms with E-state index in [-0.39, 0.29) is 17.2 Å². The highest BCUT2D eigenvalue weighted by Gasteiger charge is 2.45. The van der Waals surface area contributed by atoms with Crippen molar-refractivity contribution in [1.82, 2.24) is 5.06 Å². The smallest absolute Gasteiger partial charge is 0.0615 e. The molecule has 1 rings (SSSR count). The monoisotopic (exact) mass is 299 g/mol. The fourth-order valence-corrected chi connectivity index (χ4v) is 3.71. The molecule has 21 heavy (non-hydrogen) atoms. The summed E-state index contributed by atoms with van der Waals surface area (Å²) in [5.74, 6) is 0. The third-order valence-corrected chi connectivity index (χ3v) is 4.74. The van der Waals surface area contributed by atoms with Gasteiger partial charge in [-0.05, 0) is 53.9 Å². The number of rotatable bonds is 8. The number of hydrogen-bond acceptors (Lipinski definition) is 3. The summed E-state index contributed by atoms with van der Waals surface area (Å²) >= 11 is 0. The maximum absolute atomic E-state index is 10.3. The normalized spacial score (nSPS) is 24.1. The fourth-order valence-electron chi connectivity index (χ4n) is 3.71. The number of ether oxygens (including phenoxy) is 1. The Morgan fingerprint density at radius 2 is 1.57 bits per heavy atom. The van der Waals surface area contributed by atoms with E-state index in [1.54, 1.807) is 0 Å². The van der Waals surface area contributed by atoms with E-state index in [9.17, 15) is 5.21 Å². The number of hydroxylamine groups is 2. The quantitative estimate of drug-likeness (QED) is 0.628. The van der Waals surface area contributed by atoms with Gasteiger partial charge in [0.05, 0.1) is 12.2 Å². The number of nitrogens with zero attached hydrogens (tertiary/aromatic N) is 1. The van der Waals surface area contributed by atoms with Crippen LogP contribution in [0.25, 0.3) is 0 Å². The molecule has 1 unspecified atom stereocenters. The van der Waals surface area contributed by atoms with E-state index in [0.717, 1.165) is 19.3 Å². The second-order valence-corrected chi connectivity index (χ2v) is 8.12. The van der Waals surface area contributed by atoms with Crippen molar-refractivity contribution in [3.05, 3.63) is 0 Å². The third kappa shape index (κ3) is 5.88. The molecule has 0 radical (unpaired) electrons. The number of piperidine rings is 1. The maximum atomic E-state index is 10.3. The first-order valence-electron chi connectivity index (χ1n) is 8.83. The highest BCUT2D eigenvalue weighted by molar-refractivity contribution is 4.96. The molecule has 0 spiro atoms. The van der Waals surface area contributed by atoms with Crippen LogP contribution < -0.4 is 0 Å². The Morgan fingerprint density at radius 3 is 2.10 bits per heavy atom. The lowest BCUT2D eigenvalue weighted by molar-refractivity contribution is -0.264. The van der Waals surface area contributed by atoms with Gasteiger partial charge < -0.3 is 9.94 Å². The van der Waals surface area contributed by atoms with Crippen LogP contribution >= 0.6 is 0 Å². The molecule has 1 atom stereocenters. The van der Waals surface area contributed by atoms with E-state index < -0.39 is 0 Å². The van der Waals surface area contributed by atoms with Gasteiger partial charge in [-0.2, -0.15) is 5.06 Å². The lowest BCUT2D eigenvalue weighted by atomic mass is 9.80. The van der Waals surface area contributed by atoms with Crippen LogP contribution in [0.2, 0.25) is 0 Å². The van der Waals surface area contributed by atoms with Crippen molar-refractivity contribution in [1.29, 1.82) is 0 Å². The van der Waals surface area contributed by atoms with Gasteiger partial charge in [0.2, 0.25) is 0 Å². The Bertz CT molecular complexity index is 284. The average molecular weight is 299 g/mol. The van der Waals surface area contributed by atoms with Crippen molar-refractivity contribution in [2.24, 2.45) is 0 Å². The van der Waals surface area contributed by atoms with Gasteiger partial charge in [0.15, 0.2) is 0 Å². The van der Waals surface area contributed by atoms with Crippen LogP contribution in [-0.4, -0.2) is 33.6 Å². The van der Waals surface area contributed by atoms with Crippen LogP contribution in [-0.2, 0) is 4.74 Å². The number of unbranched alkanes of at least 4 members (excludes halogenated alkanes) is 4. The van der Waals surface area contributed by atoms with Crippen molar-refractivity contribution in [2.45, 2.75) is 116 Å². The van der Waals surface area contributed by atoms with Crippen molar-refractivity contribution < 1.29 is 9.94 Å². The molecule has 1 saturated heterocycles. The summed E-state index contributed by atoms with van der Waals surface area (Å²) in [6.07, 6.45) is 10.1. The molecule has 1 heterocycles. The predicted octanol–water partition coefficient (Wildman–Crippen LogP) is 5.16. The van der Waals surface area contributed by atoms with Crippen molar-refractivity contribution >= 4 is 0 Å². The Kier molecular flexibility index (Phi) is 7.15. The topological polar surface area (TPSA) is 32.7 Å². The molecule has 3 nitrogen and oxygen atoms in total. The first-order valence-corrected chi connectivity index (χ1v) is 8.83. The summed E-state index contributed by atoms with van der Waals surface area (Å²) in [7, 11) is 0. The molecule has 0 saturated carbocycles. The zero-order chi connectivity index (χ0) is 16.1. The molecule has 0 aromatic rings. The molecule has 126 valence electrons. The zero-order valence-electron chi connectivity index (χ0n) is 15.1. The predicted molar refractivity (Wildman–Crippen MR) is 88.7 cm³/mol. The average Bonchev–Trinajstić information content (AvgIpc) is 2.35. The van der Waals surface area contributed by atoms with E-state index in [1.807, 2.05) is 0 Å². The standard InChI is InChI=1S/C18H37NO2/c1-7-8-9-10-11-12-15(2)21-16-13-17(3,4)19(20)18(5,6)14-16/h15-16,20H,7-14H2,1-6H3. The largest absolute Gasteiger partial charge is 0.375 e. The van der Waals surface area contributed by atoms with Gasteiger partial charge in [-0.3, -0.25) is 0 Å². The van der Waals surface area contributed by atoms with E-state index in [4.69, 9.17) is 4.74 Å². The molecule has 0 aromatic heterocycles. The first-order chi connectivity index (χ1) is 9.69. The number of hydrogen-bond donors (Lipinski definition) is 1. The maximum Gasteiger partial charge on any atom is 0.0615 e. The molecule has 0 aromatic carbocycles. The molecule has 0 amide bonds. The minimum atomic E-state index is -0.215. The van der Waals surface area contributed by atoms with E-state index >= 15 is 0 Å².